The van der Waals surface area contributed by atoms with E-state index in [1.54, 1.807) is 31.4 Å². The lowest BCUT2D eigenvalue weighted by Gasteiger charge is -2.28. The Bertz CT molecular complexity index is 1240. The number of aromatic nitrogens is 3. The molecule has 1 aliphatic rings. The summed E-state index contributed by atoms with van der Waals surface area (Å²) < 4.78 is 6.51. The topological polar surface area (TPSA) is 97.4 Å². The van der Waals surface area contributed by atoms with Crippen LogP contribution in [-0.2, 0) is 10.3 Å². The predicted molar refractivity (Wildman–Crippen MR) is 121 cm³/mol. The minimum atomic E-state index is -0.941. The quantitative estimate of drug-likeness (QED) is 0.522. The average Bonchev–Trinajstić information content (AvgIpc) is 3.19. The van der Waals surface area contributed by atoms with Crippen molar-refractivity contribution in [2.24, 2.45) is 0 Å². The summed E-state index contributed by atoms with van der Waals surface area (Å²) in [6, 6.07) is 9.85. The summed E-state index contributed by atoms with van der Waals surface area (Å²) in [6.45, 7) is 6.44. The van der Waals surface area contributed by atoms with Gasteiger partial charge in [-0.05, 0) is 25.3 Å². The van der Waals surface area contributed by atoms with Crippen LogP contribution in [0.15, 0.2) is 36.5 Å². The van der Waals surface area contributed by atoms with Crippen molar-refractivity contribution in [2.75, 3.05) is 36.9 Å². The number of thiophene rings is 1. The number of pyridine rings is 1. The summed E-state index contributed by atoms with van der Waals surface area (Å²) in [5, 5.41) is 12.4. The number of anilines is 2. The minimum Gasteiger partial charge on any atom is -0.385 e. The third kappa shape index (κ3) is 3.27. The minimum absolute atomic E-state index is 0.490. The molecule has 0 aliphatic carbocycles. The molecule has 3 N–H and O–H groups in total. The van der Waals surface area contributed by atoms with Crippen molar-refractivity contribution < 1.29 is 9.84 Å². The fraction of sp³-hybridized carbons (Fsp3) is 0.318. The number of ether oxygens (including phenoxy) is 1. The van der Waals surface area contributed by atoms with Gasteiger partial charge in [-0.25, -0.2) is 15.0 Å². The Morgan fingerprint density at radius 3 is 2.60 bits per heavy atom. The maximum atomic E-state index is 10.6. The number of morpholine rings is 1. The van der Waals surface area contributed by atoms with Gasteiger partial charge in [0.2, 0.25) is 0 Å². The van der Waals surface area contributed by atoms with Crippen LogP contribution in [0.5, 0.6) is 0 Å². The highest BCUT2D eigenvalue weighted by Gasteiger charge is 2.25. The van der Waals surface area contributed by atoms with Gasteiger partial charge in [-0.15, -0.1) is 11.3 Å². The van der Waals surface area contributed by atoms with Gasteiger partial charge in [0.15, 0.2) is 11.6 Å². The number of hydrogen-bond donors (Lipinski definition) is 2. The van der Waals surface area contributed by atoms with Crippen LogP contribution >= 0.6 is 11.3 Å². The van der Waals surface area contributed by atoms with Crippen LogP contribution in [0.25, 0.3) is 32.4 Å². The number of fused-ring (bicyclic) bond motifs is 2. The predicted octanol–water partition coefficient (Wildman–Crippen LogP) is 3.55. The van der Waals surface area contributed by atoms with Gasteiger partial charge >= 0.3 is 0 Å². The zero-order chi connectivity index (χ0) is 20.9. The standard InChI is InChI=1S/C22H23N5O2S/c1-22(2,28)17-11-16-18(30-17)21(27-7-9-29-10-8-27)26-20(25-16)15-12-24-19(23)14-6-4-3-5-13(14)15/h3-6,11-12,28H,7-10H2,1-2H3,(H2,23,24). The van der Waals surface area contributed by atoms with E-state index in [1.165, 1.54) is 0 Å². The fourth-order valence-corrected chi connectivity index (χ4v) is 4.83. The van der Waals surface area contributed by atoms with Gasteiger partial charge in [0, 0.05) is 35.1 Å². The molecule has 0 spiro atoms. The van der Waals surface area contributed by atoms with Gasteiger partial charge in [0.25, 0.3) is 0 Å². The molecule has 0 amide bonds. The second kappa shape index (κ2) is 7.16. The molecule has 0 bridgehead atoms. The Balaban J connectivity index is 1.76. The summed E-state index contributed by atoms with van der Waals surface area (Å²) in [4.78, 5) is 17.3. The van der Waals surface area contributed by atoms with Crippen molar-refractivity contribution in [1.82, 2.24) is 15.0 Å². The van der Waals surface area contributed by atoms with Gasteiger partial charge in [-0.3, -0.25) is 0 Å². The molecule has 1 fully saturated rings. The number of nitrogens with zero attached hydrogens (tertiary/aromatic N) is 4. The van der Waals surface area contributed by atoms with E-state index in [9.17, 15) is 5.11 Å². The molecule has 4 heterocycles. The lowest BCUT2D eigenvalue weighted by atomic mass is 10.1. The highest BCUT2D eigenvalue weighted by atomic mass is 32.1. The Morgan fingerprint density at radius 1 is 1.13 bits per heavy atom. The molecular weight excluding hydrogens is 398 g/mol. The Morgan fingerprint density at radius 2 is 1.87 bits per heavy atom. The second-order valence-corrected chi connectivity index (χ2v) is 9.01. The Hall–Kier alpha value is -2.81. The van der Waals surface area contributed by atoms with Gasteiger partial charge in [-0.2, -0.15) is 0 Å². The SMILES string of the molecule is CC(C)(O)c1cc2nc(-c3cnc(N)c4ccccc34)nc(N3CCOCC3)c2s1. The van der Waals surface area contributed by atoms with Crippen LogP contribution < -0.4 is 10.6 Å². The van der Waals surface area contributed by atoms with Crippen molar-refractivity contribution in [3.8, 4) is 11.4 Å². The molecule has 1 aromatic carbocycles. The Kier molecular flexibility index (Phi) is 4.57. The average molecular weight is 422 g/mol. The molecule has 0 radical (unpaired) electrons. The monoisotopic (exact) mass is 421 g/mol. The zero-order valence-corrected chi connectivity index (χ0v) is 17.7. The highest BCUT2D eigenvalue weighted by molar-refractivity contribution is 7.19. The summed E-state index contributed by atoms with van der Waals surface area (Å²) in [5.74, 6) is 1.97. The number of benzene rings is 1. The van der Waals surface area contributed by atoms with Crippen molar-refractivity contribution in [3.05, 3.63) is 41.4 Å². The van der Waals surface area contributed by atoms with E-state index in [0.717, 1.165) is 50.3 Å². The van der Waals surface area contributed by atoms with Crippen molar-refractivity contribution in [2.45, 2.75) is 19.4 Å². The molecule has 0 saturated carbocycles. The largest absolute Gasteiger partial charge is 0.385 e. The molecule has 8 heteroatoms. The van der Waals surface area contributed by atoms with Crippen molar-refractivity contribution in [3.63, 3.8) is 0 Å². The molecule has 4 aromatic rings. The first kappa shape index (κ1) is 19.2. The molecule has 154 valence electrons. The fourth-order valence-electron chi connectivity index (χ4n) is 3.72. The number of hydrogen-bond acceptors (Lipinski definition) is 8. The number of rotatable bonds is 3. The van der Waals surface area contributed by atoms with Crippen LogP contribution in [0.3, 0.4) is 0 Å². The molecule has 30 heavy (non-hydrogen) atoms. The van der Waals surface area contributed by atoms with E-state index in [0.29, 0.717) is 24.9 Å². The van der Waals surface area contributed by atoms with E-state index in [1.807, 2.05) is 30.3 Å². The highest BCUT2D eigenvalue weighted by Crippen LogP contribution is 2.39. The molecule has 0 atom stereocenters. The maximum absolute atomic E-state index is 10.6. The molecule has 5 rings (SSSR count). The molecule has 7 nitrogen and oxygen atoms in total. The molecule has 1 saturated heterocycles. The normalized spacial score (nSPS) is 15.2. The van der Waals surface area contributed by atoms with Crippen LogP contribution in [0.2, 0.25) is 0 Å². The lowest BCUT2D eigenvalue weighted by Crippen LogP contribution is -2.36. The van der Waals surface area contributed by atoms with Gasteiger partial charge in [-0.1, -0.05) is 24.3 Å². The first-order chi connectivity index (χ1) is 14.4. The summed E-state index contributed by atoms with van der Waals surface area (Å²) in [7, 11) is 0. The zero-order valence-electron chi connectivity index (χ0n) is 16.9. The van der Waals surface area contributed by atoms with Gasteiger partial charge in [0.1, 0.15) is 5.82 Å². The van der Waals surface area contributed by atoms with E-state index in [4.69, 9.17) is 20.4 Å². The van der Waals surface area contributed by atoms with E-state index in [-0.39, 0.29) is 0 Å². The van der Waals surface area contributed by atoms with Gasteiger partial charge < -0.3 is 20.5 Å². The third-order valence-corrected chi connectivity index (χ3v) is 6.77. The molecule has 0 unspecified atom stereocenters. The van der Waals surface area contributed by atoms with E-state index >= 15 is 0 Å². The van der Waals surface area contributed by atoms with E-state index in [2.05, 4.69) is 9.88 Å². The smallest absolute Gasteiger partial charge is 0.164 e. The lowest BCUT2D eigenvalue weighted by molar-refractivity contribution is 0.0826. The van der Waals surface area contributed by atoms with E-state index < -0.39 is 5.60 Å². The molecular formula is C22H23N5O2S. The van der Waals surface area contributed by atoms with Gasteiger partial charge in [0.05, 0.1) is 29.0 Å². The summed E-state index contributed by atoms with van der Waals surface area (Å²) in [5.41, 5.74) is 6.81. The number of aliphatic hydroxyl groups is 1. The summed E-state index contributed by atoms with van der Waals surface area (Å²) in [6.07, 6.45) is 1.74. The van der Waals surface area contributed by atoms with Crippen LogP contribution in [0.4, 0.5) is 11.6 Å². The first-order valence-electron chi connectivity index (χ1n) is 9.92. The van der Waals surface area contributed by atoms with Crippen LogP contribution in [0.1, 0.15) is 18.7 Å². The number of nitrogens with two attached hydrogens (primary N) is 1. The third-order valence-electron chi connectivity index (χ3n) is 5.33. The van der Waals surface area contributed by atoms with Crippen molar-refractivity contribution in [1.29, 1.82) is 0 Å². The first-order valence-corrected chi connectivity index (χ1v) is 10.7. The second-order valence-electron chi connectivity index (χ2n) is 7.96. The molecule has 1 aliphatic heterocycles. The summed E-state index contributed by atoms with van der Waals surface area (Å²) >= 11 is 1.54. The molecule has 3 aromatic heterocycles. The van der Waals surface area contributed by atoms with Crippen LogP contribution in [0, 0.1) is 0 Å². The van der Waals surface area contributed by atoms with Crippen LogP contribution in [-0.4, -0.2) is 46.4 Å². The Labute approximate surface area is 178 Å². The van der Waals surface area contributed by atoms with Crippen molar-refractivity contribution >= 4 is 44.0 Å². The number of nitrogen functional groups attached to an aromatic ring is 1. The maximum Gasteiger partial charge on any atom is 0.164 e.